The first-order valence-electron chi connectivity index (χ1n) is 10.3. The smallest absolute Gasteiger partial charge is 0.125 e. The van der Waals surface area contributed by atoms with E-state index in [1.165, 1.54) is 11.6 Å². The molecule has 0 saturated carbocycles. The highest BCUT2D eigenvalue weighted by atomic mass is 19.1. The highest BCUT2D eigenvalue weighted by molar-refractivity contribution is 5.43. The zero-order valence-electron chi connectivity index (χ0n) is 16.4. The van der Waals surface area contributed by atoms with Crippen LogP contribution in [-0.4, -0.2) is 61.3 Å². The van der Waals surface area contributed by atoms with E-state index in [0.717, 1.165) is 71.0 Å². The summed E-state index contributed by atoms with van der Waals surface area (Å²) in [6.07, 6.45) is 2.04. The number of anilines is 1. The molecule has 0 amide bonds. The first-order chi connectivity index (χ1) is 13.7. The quantitative estimate of drug-likeness (QED) is 0.825. The second-order valence-electron chi connectivity index (χ2n) is 7.95. The first kappa shape index (κ1) is 19.4. The molecule has 0 aromatic heterocycles. The largest absolute Gasteiger partial charge is 0.383 e. The number of ether oxygens (including phenoxy) is 1. The van der Waals surface area contributed by atoms with Crippen molar-refractivity contribution in [3.8, 4) is 0 Å². The second kappa shape index (κ2) is 9.03. The lowest BCUT2D eigenvalue weighted by molar-refractivity contribution is -0.0413. The molecule has 2 aliphatic heterocycles. The molecule has 2 fully saturated rings. The maximum absolute atomic E-state index is 13.5. The predicted octanol–water partition coefficient (Wildman–Crippen LogP) is 3.60. The lowest BCUT2D eigenvalue weighted by atomic mass is 9.87. The SMILES string of the molecule is Fc1cccc(NCC2(N3CCN(Cc4ccccc4)CC3)CCOCC2)c1. The van der Waals surface area contributed by atoms with Crippen molar-refractivity contribution in [1.82, 2.24) is 9.80 Å². The number of rotatable bonds is 6. The summed E-state index contributed by atoms with van der Waals surface area (Å²) < 4.78 is 19.2. The van der Waals surface area contributed by atoms with E-state index in [1.54, 1.807) is 12.1 Å². The fraction of sp³-hybridized carbons (Fsp3) is 0.478. The van der Waals surface area contributed by atoms with Crippen LogP contribution in [0.4, 0.5) is 10.1 Å². The standard InChI is InChI=1S/C23H30FN3O/c24-21-7-4-8-22(17-21)25-19-23(9-15-28-16-10-23)27-13-11-26(12-14-27)18-20-5-2-1-3-6-20/h1-8,17,25H,9-16,18-19H2. The predicted molar refractivity (Wildman–Crippen MR) is 111 cm³/mol. The van der Waals surface area contributed by atoms with Crippen LogP contribution in [0.25, 0.3) is 0 Å². The maximum Gasteiger partial charge on any atom is 0.125 e. The van der Waals surface area contributed by atoms with Crippen LogP contribution in [0.5, 0.6) is 0 Å². The van der Waals surface area contributed by atoms with Gasteiger partial charge in [-0.1, -0.05) is 36.4 Å². The molecule has 2 heterocycles. The summed E-state index contributed by atoms with van der Waals surface area (Å²) in [6, 6.07) is 17.5. The average Bonchev–Trinajstić information content (AvgIpc) is 2.74. The number of benzene rings is 2. The highest BCUT2D eigenvalue weighted by Gasteiger charge is 2.39. The van der Waals surface area contributed by atoms with Gasteiger partial charge in [-0.2, -0.15) is 0 Å². The van der Waals surface area contributed by atoms with Crippen LogP contribution < -0.4 is 5.32 Å². The lowest BCUT2D eigenvalue weighted by Crippen LogP contribution is -2.61. The van der Waals surface area contributed by atoms with Gasteiger partial charge in [-0.05, 0) is 36.6 Å². The lowest BCUT2D eigenvalue weighted by Gasteiger charge is -2.50. The summed E-state index contributed by atoms with van der Waals surface area (Å²) in [5, 5.41) is 3.49. The zero-order chi connectivity index (χ0) is 19.2. The minimum absolute atomic E-state index is 0.0867. The van der Waals surface area contributed by atoms with E-state index >= 15 is 0 Å². The first-order valence-corrected chi connectivity index (χ1v) is 10.3. The number of nitrogens with zero attached hydrogens (tertiary/aromatic N) is 2. The monoisotopic (exact) mass is 383 g/mol. The minimum atomic E-state index is -0.194. The molecule has 5 heteroatoms. The van der Waals surface area contributed by atoms with Crippen LogP contribution in [0.2, 0.25) is 0 Å². The molecule has 2 aliphatic rings. The number of nitrogens with one attached hydrogen (secondary N) is 1. The van der Waals surface area contributed by atoms with Crippen LogP contribution in [-0.2, 0) is 11.3 Å². The van der Waals surface area contributed by atoms with Gasteiger partial charge in [-0.25, -0.2) is 4.39 Å². The topological polar surface area (TPSA) is 27.7 Å². The molecule has 0 radical (unpaired) electrons. The number of hydrogen-bond acceptors (Lipinski definition) is 4. The molecular formula is C23H30FN3O. The third-order valence-corrected chi connectivity index (χ3v) is 6.16. The zero-order valence-corrected chi connectivity index (χ0v) is 16.4. The summed E-state index contributed by atoms with van der Waals surface area (Å²) in [5.41, 5.74) is 2.32. The summed E-state index contributed by atoms with van der Waals surface area (Å²) in [6.45, 7) is 7.75. The van der Waals surface area contributed by atoms with Crippen molar-refractivity contribution < 1.29 is 9.13 Å². The molecule has 0 atom stereocenters. The van der Waals surface area contributed by atoms with E-state index in [0.29, 0.717) is 0 Å². The summed E-state index contributed by atoms with van der Waals surface area (Å²) in [4.78, 5) is 5.18. The second-order valence-corrected chi connectivity index (χ2v) is 7.95. The van der Waals surface area contributed by atoms with E-state index in [1.807, 2.05) is 6.07 Å². The van der Waals surface area contributed by atoms with Gasteiger partial charge in [0.1, 0.15) is 5.82 Å². The average molecular weight is 384 g/mol. The van der Waals surface area contributed by atoms with E-state index in [4.69, 9.17) is 4.74 Å². The number of hydrogen-bond donors (Lipinski definition) is 1. The van der Waals surface area contributed by atoms with Gasteiger partial charge < -0.3 is 10.1 Å². The Morgan fingerprint density at radius 3 is 2.39 bits per heavy atom. The molecule has 0 spiro atoms. The van der Waals surface area contributed by atoms with Gasteiger partial charge in [0.05, 0.1) is 0 Å². The number of halogens is 1. The van der Waals surface area contributed by atoms with Crippen molar-refractivity contribution in [3.63, 3.8) is 0 Å². The van der Waals surface area contributed by atoms with Gasteiger partial charge in [0.2, 0.25) is 0 Å². The normalized spacial score (nSPS) is 20.8. The Hall–Kier alpha value is -1.95. The summed E-state index contributed by atoms with van der Waals surface area (Å²) in [7, 11) is 0. The molecule has 2 aromatic carbocycles. The van der Waals surface area contributed by atoms with E-state index < -0.39 is 0 Å². The third-order valence-electron chi connectivity index (χ3n) is 6.16. The molecule has 2 aromatic rings. The van der Waals surface area contributed by atoms with Crippen molar-refractivity contribution in [2.24, 2.45) is 0 Å². The van der Waals surface area contributed by atoms with Gasteiger partial charge in [0, 0.05) is 63.7 Å². The third kappa shape index (κ3) is 4.72. The van der Waals surface area contributed by atoms with E-state index in [-0.39, 0.29) is 11.4 Å². The van der Waals surface area contributed by atoms with Gasteiger partial charge in [-0.3, -0.25) is 9.80 Å². The fourth-order valence-electron chi connectivity index (χ4n) is 4.44. The molecule has 0 aliphatic carbocycles. The van der Waals surface area contributed by atoms with Crippen molar-refractivity contribution in [2.45, 2.75) is 24.9 Å². The summed E-state index contributed by atoms with van der Waals surface area (Å²) in [5.74, 6) is -0.194. The Bertz CT molecular complexity index is 741. The van der Waals surface area contributed by atoms with Crippen LogP contribution in [0.15, 0.2) is 54.6 Å². The Labute approximate surface area is 167 Å². The van der Waals surface area contributed by atoms with Crippen molar-refractivity contribution in [3.05, 3.63) is 66.0 Å². The van der Waals surface area contributed by atoms with Gasteiger partial charge in [0.25, 0.3) is 0 Å². The molecule has 1 N–H and O–H groups in total. The molecule has 4 rings (SSSR count). The molecule has 0 unspecified atom stereocenters. The van der Waals surface area contributed by atoms with Crippen LogP contribution in [0.3, 0.4) is 0 Å². The van der Waals surface area contributed by atoms with Crippen molar-refractivity contribution >= 4 is 5.69 Å². The van der Waals surface area contributed by atoms with Crippen LogP contribution in [0.1, 0.15) is 18.4 Å². The fourth-order valence-corrected chi connectivity index (χ4v) is 4.44. The summed E-state index contributed by atoms with van der Waals surface area (Å²) >= 11 is 0. The molecule has 0 bridgehead atoms. The van der Waals surface area contributed by atoms with Crippen molar-refractivity contribution in [2.75, 3.05) is 51.3 Å². The van der Waals surface area contributed by atoms with Crippen molar-refractivity contribution in [1.29, 1.82) is 0 Å². The number of piperazine rings is 1. The molecule has 28 heavy (non-hydrogen) atoms. The molecule has 2 saturated heterocycles. The van der Waals surface area contributed by atoms with E-state index in [9.17, 15) is 4.39 Å². The minimum Gasteiger partial charge on any atom is -0.383 e. The Kier molecular flexibility index (Phi) is 6.25. The van der Waals surface area contributed by atoms with E-state index in [2.05, 4.69) is 45.4 Å². The molecule has 4 nitrogen and oxygen atoms in total. The van der Waals surface area contributed by atoms with Gasteiger partial charge in [-0.15, -0.1) is 0 Å². The van der Waals surface area contributed by atoms with Gasteiger partial charge in [0.15, 0.2) is 0 Å². The molecule has 150 valence electrons. The van der Waals surface area contributed by atoms with Gasteiger partial charge >= 0.3 is 0 Å². The Morgan fingerprint density at radius 2 is 1.68 bits per heavy atom. The Balaban J connectivity index is 1.37. The molecular weight excluding hydrogens is 353 g/mol. The maximum atomic E-state index is 13.5. The van der Waals surface area contributed by atoms with Crippen LogP contribution >= 0.6 is 0 Å². The van der Waals surface area contributed by atoms with Crippen LogP contribution in [0, 0.1) is 5.82 Å². The highest BCUT2D eigenvalue weighted by Crippen LogP contribution is 2.30. The Morgan fingerprint density at radius 1 is 0.929 bits per heavy atom.